The van der Waals surface area contributed by atoms with Crippen LogP contribution < -0.4 is 0 Å². The van der Waals surface area contributed by atoms with Crippen molar-refractivity contribution in [1.82, 2.24) is 19.3 Å². The molecule has 1 aliphatic rings. The van der Waals surface area contributed by atoms with Crippen LogP contribution in [0.2, 0.25) is 0 Å². The van der Waals surface area contributed by atoms with Gasteiger partial charge in [-0.3, -0.25) is 20.0 Å². The topological polar surface area (TPSA) is 113 Å². The van der Waals surface area contributed by atoms with Gasteiger partial charge in [-0.2, -0.15) is 0 Å². The van der Waals surface area contributed by atoms with E-state index in [1.165, 1.54) is 10.5 Å². The molecule has 2 aromatic heterocycles. The Labute approximate surface area is 199 Å². The zero-order chi connectivity index (χ0) is 24.1. The molecule has 1 atom stereocenters. The number of nitrogens with zero attached hydrogens (tertiary/aromatic N) is 4. The molecule has 0 spiro atoms. The zero-order valence-electron chi connectivity index (χ0n) is 18.9. The largest absolute Gasteiger partial charge is 0.373 e. The molecular weight excluding hydrogens is 456 g/mol. The van der Waals surface area contributed by atoms with Gasteiger partial charge in [-0.25, -0.2) is 17.8 Å². The minimum absolute atomic E-state index is 0.0582. The number of rotatable bonds is 9. The monoisotopic (exact) mass is 484 g/mol. The summed E-state index contributed by atoms with van der Waals surface area (Å²) in [6.45, 7) is 3.02. The molecule has 1 unspecified atom stereocenters. The second-order valence-corrected chi connectivity index (χ2v) is 10.4. The predicted molar refractivity (Wildman–Crippen MR) is 126 cm³/mol. The van der Waals surface area contributed by atoms with Crippen LogP contribution in [-0.2, 0) is 26.2 Å². The van der Waals surface area contributed by atoms with E-state index in [1.54, 1.807) is 18.3 Å². The highest BCUT2D eigenvalue weighted by molar-refractivity contribution is 7.89. The lowest BCUT2D eigenvalue weighted by molar-refractivity contribution is -0.159. The second-order valence-electron chi connectivity index (χ2n) is 8.42. The molecule has 34 heavy (non-hydrogen) atoms. The smallest absolute Gasteiger partial charge is 0.233 e. The number of amides is 1. The summed E-state index contributed by atoms with van der Waals surface area (Å²) < 4.78 is 33.7. The van der Waals surface area contributed by atoms with Crippen molar-refractivity contribution in [3.05, 3.63) is 71.7 Å². The molecule has 0 saturated carbocycles. The van der Waals surface area contributed by atoms with Crippen molar-refractivity contribution < 1.29 is 23.2 Å². The van der Waals surface area contributed by atoms with Crippen molar-refractivity contribution in [3.8, 4) is 0 Å². The van der Waals surface area contributed by atoms with Crippen molar-refractivity contribution in [2.24, 2.45) is 0 Å². The van der Waals surface area contributed by atoms with E-state index in [4.69, 9.17) is 4.74 Å². The number of aryl methyl sites for hydroxylation is 1. The summed E-state index contributed by atoms with van der Waals surface area (Å²) in [5, 5.41) is 11.4. The first-order valence-corrected chi connectivity index (χ1v) is 12.8. The van der Waals surface area contributed by atoms with Crippen LogP contribution in [-0.4, -0.2) is 64.3 Å². The number of benzene rings is 1. The van der Waals surface area contributed by atoms with E-state index in [0.717, 1.165) is 22.2 Å². The average Bonchev–Trinajstić information content (AvgIpc) is 2.86. The minimum Gasteiger partial charge on any atom is -0.373 e. The van der Waals surface area contributed by atoms with Crippen LogP contribution in [0.15, 0.2) is 54.9 Å². The summed E-state index contributed by atoms with van der Waals surface area (Å²) in [7, 11) is -3.73. The Balaban J connectivity index is 1.37. The molecule has 1 amide bonds. The van der Waals surface area contributed by atoms with Crippen LogP contribution >= 0.6 is 0 Å². The molecule has 1 N–H and O–H groups in total. The van der Waals surface area contributed by atoms with Crippen LogP contribution in [0.25, 0.3) is 10.9 Å². The molecule has 1 aromatic carbocycles. The molecule has 1 saturated heterocycles. The van der Waals surface area contributed by atoms with Crippen molar-refractivity contribution in [2.75, 3.05) is 18.8 Å². The standard InChI is InChI=1S/C24H28N4O5S/c1-18-13-20(22-6-2-3-7-23(22)26-18)15-33-21-8-11-27(12-9-21)34(31,32)16-24(28(30)17-29)19-5-4-10-25-14-19/h2-7,10,13-14,17,21,24,30H,8-9,11-12,15-16H2,1H3. The molecule has 4 rings (SSSR count). The first-order valence-electron chi connectivity index (χ1n) is 11.1. The van der Waals surface area contributed by atoms with E-state index < -0.39 is 21.8 Å². The summed E-state index contributed by atoms with van der Waals surface area (Å²) in [5.41, 5.74) is 3.36. The maximum Gasteiger partial charge on any atom is 0.233 e. The summed E-state index contributed by atoms with van der Waals surface area (Å²) in [5.74, 6) is -0.429. The molecule has 9 nitrogen and oxygen atoms in total. The van der Waals surface area contributed by atoms with Gasteiger partial charge in [-0.05, 0) is 49.1 Å². The van der Waals surface area contributed by atoms with E-state index in [2.05, 4.69) is 9.97 Å². The molecule has 0 aliphatic carbocycles. The lowest BCUT2D eigenvalue weighted by atomic mass is 10.1. The van der Waals surface area contributed by atoms with Crippen molar-refractivity contribution >= 4 is 27.3 Å². The van der Waals surface area contributed by atoms with Crippen molar-refractivity contribution in [3.63, 3.8) is 0 Å². The Hall–Kier alpha value is -2.92. The number of aromatic nitrogens is 2. The summed E-state index contributed by atoms with van der Waals surface area (Å²) in [6.07, 6.45) is 4.26. The van der Waals surface area contributed by atoms with Gasteiger partial charge < -0.3 is 4.74 Å². The average molecular weight is 485 g/mol. The van der Waals surface area contributed by atoms with Crippen LogP contribution in [0.3, 0.4) is 0 Å². The SMILES string of the molecule is Cc1cc(COC2CCN(S(=O)(=O)CC(c3cccnc3)N(O)C=O)CC2)c2ccccc2n1. The Bertz CT molecular complexity index is 1230. The number of para-hydroxylation sites is 1. The normalized spacial score (nSPS) is 16.4. The summed E-state index contributed by atoms with van der Waals surface area (Å²) in [4.78, 5) is 19.7. The second kappa shape index (κ2) is 10.6. The third-order valence-electron chi connectivity index (χ3n) is 6.06. The van der Waals surface area contributed by atoms with E-state index in [1.807, 2.05) is 37.3 Å². The maximum absolute atomic E-state index is 13.1. The van der Waals surface area contributed by atoms with E-state index in [-0.39, 0.29) is 12.5 Å². The number of piperidine rings is 1. The van der Waals surface area contributed by atoms with Crippen LogP contribution in [0, 0.1) is 6.92 Å². The highest BCUT2D eigenvalue weighted by Crippen LogP contribution is 2.25. The molecule has 0 bridgehead atoms. The quantitative estimate of drug-likeness (QED) is 0.282. The number of ether oxygens (including phenoxy) is 1. The van der Waals surface area contributed by atoms with E-state index in [0.29, 0.717) is 43.2 Å². The number of hydrogen-bond donors (Lipinski definition) is 1. The molecule has 1 fully saturated rings. The first kappa shape index (κ1) is 24.2. The molecule has 10 heteroatoms. The van der Waals surface area contributed by atoms with Crippen LogP contribution in [0.4, 0.5) is 0 Å². The van der Waals surface area contributed by atoms with Gasteiger partial charge in [0.25, 0.3) is 0 Å². The fourth-order valence-corrected chi connectivity index (χ4v) is 6.00. The Morgan fingerprint density at radius 1 is 1.24 bits per heavy atom. The third kappa shape index (κ3) is 5.58. The van der Waals surface area contributed by atoms with Gasteiger partial charge in [0.1, 0.15) is 6.04 Å². The van der Waals surface area contributed by atoms with E-state index in [9.17, 15) is 18.4 Å². The van der Waals surface area contributed by atoms with E-state index >= 15 is 0 Å². The zero-order valence-corrected chi connectivity index (χ0v) is 19.8. The van der Waals surface area contributed by atoms with Gasteiger partial charge >= 0.3 is 0 Å². The third-order valence-corrected chi connectivity index (χ3v) is 7.95. The highest BCUT2D eigenvalue weighted by Gasteiger charge is 2.33. The van der Waals surface area contributed by atoms with Crippen LogP contribution in [0.5, 0.6) is 0 Å². The van der Waals surface area contributed by atoms with Crippen LogP contribution in [0.1, 0.15) is 35.7 Å². The van der Waals surface area contributed by atoms with Gasteiger partial charge in [0.2, 0.25) is 16.4 Å². The Morgan fingerprint density at radius 3 is 2.71 bits per heavy atom. The maximum atomic E-state index is 13.1. The van der Waals surface area contributed by atoms with Gasteiger partial charge in [0.15, 0.2) is 0 Å². The number of hydroxylamine groups is 2. The highest BCUT2D eigenvalue weighted by atomic mass is 32.2. The molecule has 1 aliphatic heterocycles. The fourth-order valence-electron chi connectivity index (χ4n) is 4.28. The fraction of sp³-hybridized carbons (Fsp3) is 0.375. The Kier molecular flexibility index (Phi) is 7.52. The molecule has 180 valence electrons. The summed E-state index contributed by atoms with van der Waals surface area (Å²) in [6, 6.07) is 12.2. The van der Waals surface area contributed by atoms with Gasteiger partial charge in [-0.1, -0.05) is 24.3 Å². The lowest BCUT2D eigenvalue weighted by Crippen LogP contribution is -2.44. The van der Waals surface area contributed by atoms with Crippen molar-refractivity contribution in [2.45, 2.75) is 38.5 Å². The van der Waals surface area contributed by atoms with Crippen molar-refractivity contribution in [1.29, 1.82) is 0 Å². The molecule has 0 radical (unpaired) electrons. The lowest BCUT2D eigenvalue weighted by Gasteiger charge is -2.33. The van der Waals surface area contributed by atoms with Gasteiger partial charge in [-0.15, -0.1) is 0 Å². The number of pyridine rings is 2. The minimum atomic E-state index is -3.73. The summed E-state index contributed by atoms with van der Waals surface area (Å²) >= 11 is 0. The molecule has 3 aromatic rings. The predicted octanol–water partition coefficient (Wildman–Crippen LogP) is 2.84. The number of hydrogen-bond acceptors (Lipinski definition) is 7. The Morgan fingerprint density at radius 2 is 2.00 bits per heavy atom. The first-order chi connectivity index (χ1) is 16.4. The number of sulfonamides is 1. The number of carbonyl (C=O) groups excluding carboxylic acids is 1. The molecule has 3 heterocycles. The van der Waals surface area contributed by atoms with Gasteiger partial charge in [0.05, 0.1) is 24.0 Å². The molecular formula is C24H28N4O5S. The number of carbonyl (C=O) groups is 1. The van der Waals surface area contributed by atoms with Gasteiger partial charge in [0, 0.05) is 36.6 Å². The number of fused-ring (bicyclic) bond motifs is 1.